The third kappa shape index (κ3) is 6.21. The summed E-state index contributed by atoms with van der Waals surface area (Å²) < 4.78 is 9.96. The maximum absolute atomic E-state index is 7.15. The van der Waals surface area contributed by atoms with Crippen molar-refractivity contribution in [3.8, 4) is 0 Å². The first-order chi connectivity index (χ1) is 20.5. The van der Waals surface area contributed by atoms with E-state index in [9.17, 15) is 0 Å². The molecule has 0 saturated carbocycles. The van der Waals surface area contributed by atoms with Crippen LogP contribution in [0.3, 0.4) is 0 Å². The molecule has 0 saturated heterocycles. The summed E-state index contributed by atoms with van der Waals surface area (Å²) in [5.41, 5.74) is 4.20. The van der Waals surface area contributed by atoms with Crippen molar-refractivity contribution in [3.63, 3.8) is 0 Å². The van der Waals surface area contributed by atoms with Gasteiger partial charge in [0.2, 0.25) is 0 Å². The first kappa shape index (κ1) is 30.5. The monoisotopic (exact) mass is 646 g/mol. The van der Waals surface area contributed by atoms with E-state index >= 15 is 0 Å². The molecule has 0 aliphatic rings. The van der Waals surface area contributed by atoms with Crippen molar-refractivity contribution in [2.75, 3.05) is 9.31 Å². The number of para-hydroxylation sites is 1. The van der Waals surface area contributed by atoms with Gasteiger partial charge in [-0.05, 0) is 0 Å². The summed E-state index contributed by atoms with van der Waals surface area (Å²) in [5.74, 6) is 1.83. The number of hydrogen-bond acceptors (Lipinski definition) is 2. The standard InChI is InChI=1S/C37H41GeN2PSi/c1-29(2)35-26-17-27-36(30(3)4)37(35)40(38-39)42(33-22-13-7-14-23-33,34-24-15-8-16-25-34)28-41(31-18-9-5-10-19-31)32-20-11-6-12-21-32/h5-27,29-30H,28,39H2,1-4H3. The van der Waals surface area contributed by atoms with Gasteiger partial charge in [-0.3, -0.25) is 0 Å². The van der Waals surface area contributed by atoms with E-state index in [-0.39, 0.29) is 0 Å². The molecule has 0 amide bonds. The number of rotatable bonds is 11. The normalized spacial score (nSPS) is 11.8. The number of benzene rings is 5. The topological polar surface area (TPSA) is 29.3 Å². The van der Waals surface area contributed by atoms with Crippen LogP contribution < -0.4 is 29.2 Å². The molecule has 5 aromatic rings. The second kappa shape index (κ2) is 14.0. The summed E-state index contributed by atoms with van der Waals surface area (Å²) >= 11 is -1.00. The van der Waals surface area contributed by atoms with Gasteiger partial charge in [-0.2, -0.15) is 0 Å². The third-order valence-electron chi connectivity index (χ3n) is 8.10. The van der Waals surface area contributed by atoms with Crippen molar-refractivity contribution in [1.29, 1.82) is 0 Å². The fraction of sp³-hybridized carbons (Fsp3) is 0.189. The second-order valence-electron chi connectivity index (χ2n) is 11.4. The minimum absolute atomic E-state index is 0.391. The van der Waals surface area contributed by atoms with E-state index < -0.39 is 32.0 Å². The first-order valence-electron chi connectivity index (χ1n) is 14.8. The Morgan fingerprint density at radius 2 is 0.952 bits per heavy atom. The molecule has 0 unspecified atom stereocenters. The van der Waals surface area contributed by atoms with Crippen molar-refractivity contribution >= 4 is 58.7 Å². The van der Waals surface area contributed by atoms with Crippen molar-refractivity contribution in [3.05, 3.63) is 151 Å². The molecular weight excluding hydrogens is 604 g/mol. The van der Waals surface area contributed by atoms with E-state index in [1.165, 1.54) is 37.8 Å². The molecule has 2 radical (unpaired) electrons. The number of nitrogens with zero attached hydrogens (tertiary/aromatic N) is 1. The van der Waals surface area contributed by atoms with Crippen molar-refractivity contribution in [2.45, 2.75) is 39.5 Å². The van der Waals surface area contributed by atoms with Crippen molar-refractivity contribution < 1.29 is 0 Å². The van der Waals surface area contributed by atoms with Crippen LogP contribution in [0.4, 0.5) is 5.69 Å². The van der Waals surface area contributed by atoms with E-state index in [4.69, 9.17) is 4.69 Å². The summed E-state index contributed by atoms with van der Waals surface area (Å²) in [4.78, 5) is 0. The van der Waals surface area contributed by atoms with Crippen LogP contribution >= 0.6 is 7.92 Å². The SMILES string of the molecule is CC(C)c1cccc(C(C)C)c1[N]([Ge][NH2])[Si](CP(c1ccccc1)c1ccccc1)(c1ccccc1)c1ccccc1. The van der Waals surface area contributed by atoms with Crippen LogP contribution in [0.15, 0.2) is 140 Å². The van der Waals surface area contributed by atoms with E-state index in [1.807, 2.05) is 0 Å². The third-order valence-corrected chi connectivity index (χ3v) is 20.7. The molecule has 0 aliphatic heterocycles. The molecule has 5 rings (SSSR count). The minimum atomic E-state index is -2.71. The van der Waals surface area contributed by atoms with E-state index in [2.05, 4.69) is 171 Å². The van der Waals surface area contributed by atoms with Gasteiger partial charge in [-0.15, -0.1) is 0 Å². The van der Waals surface area contributed by atoms with Crippen LogP contribution in [0.2, 0.25) is 0 Å². The summed E-state index contributed by atoms with van der Waals surface area (Å²) in [6.07, 6.45) is 0. The van der Waals surface area contributed by atoms with Gasteiger partial charge in [0.1, 0.15) is 0 Å². The van der Waals surface area contributed by atoms with Crippen LogP contribution in [0.5, 0.6) is 0 Å². The Balaban J connectivity index is 1.88. The van der Waals surface area contributed by atoms with E-state index in [0.717, 1.165) is 5.79 Å². The molecule has 0 spiro atoms. The average molecular weight is 645 g/mol. The molecule has 0 bridgehead atoms. The van der Waals surface area contributed by atoms with Gasteiger partial charge < -0.3 is 0 Å². The van der Waals surface area contributed by atoms with Gasteiger partial charge in [0.15, 0.2) is 0 Å². The molecule has 0 aromatic heterocycles. The zero-order valence-electron chi connectivity index (χ0n) is 25.1. The molecule has 0 fully saturated rings. The molecule has 5 heteroatoms. The molecule has 2 N–H and O–H groups in total. The molecule has 0 heterocycles. The second-order valence-corrected chi connectivity index (χ2v) is 20.3. The van der Waals surface area contributed by atoms with Gasteiger partial charge >= 0.3 is 263 Å². The van der Waals surface area contributed by atoms with E-state index in [0.29, 0.717) is 11.8 Å². The Hall–Kier alpha value is -2.95. The van der Waals surface area contributed by atoms with Gasteiger partial charge in [0.05, 0.1) is 0 Å². The molecule has 42 heavy (non-hydrogen) atoms. The summed E-state index contributed by atoms with van der Waals surface area (Å²) in [6, 6.07) is 52.0. The number of hydrogen-bond donors (Lipinski definition) is 1. The van der Waals surface area contributed by atoms with Gasteiger partial charge in [-0.1, -0.05) is 0 Å². The Labute approximate surface area is 261 Å². The summed E-state index contributed by atoms with van der Waals surface area (Å²) in [5, 5.41) is 5.69. The van der Waals surface area contributed by atoms with Gasteiger partial charge in [-0.25, -0.2) is 0 Å². The molecule has 5 aromatic carbocycles. The fourth-order valence-electron chi connectivity index (χ4n) is 6.02. The van der Waals surface area contributed by atoms with Crippen LogP contribution in [0, 0.1) is 0 Å². The maximum atomic E-state index is 7.15. The van der Waals surface area contributed by atoms with E-state index in [1.54, 1.807) is 0 Å². The zero-order valence-corrected chi connectivity index (χ0v) is 29.1. The Morgan fingerprint density at radius 3 is 1.31 bits per heavy atom. The Kier molecular flexibility index (Phi) is 10.2. The van der Waals surface area contributed by atoms with Gasteiger partial charge in [0.25, 0.3) is 0 Å². The Morgan fingerprint density at radius 1 is 0.571 bits per heavy atom. The zero-order chi connectivity index (χ0) is 29.5. The number of nitrogens with two attached hydrogens (primary N) is 1. The Bertz CT molecular complexity index is 1440. The average Bonchev–Trinajstić information content (AvgIpc) is 3.04. The molecular formula is C37H41GeN2PSi. The summed E-state index contributed by atoms with van der Waals surface area (Å²) in [6.45, 7) is 9.30. The van der Waals surface area contributed by atoms with Gasteiger partial charge in [0, 0.05) is 0 Å². The molecule has 0 aliphatic carbocycles. The fourth-order valence-corrected chi connectivity index (χ4v) is 21.1. The van der Waals surface area contributed by atoms with Crippen molar-refractivity contribution in [1.82, 2.24) is 0 Å². The predicted octanol–water partition coefficient (Wildman–Crippen LogP) is 6.66. The van der Waals surface area contributed by atoms with Crippen molar-refractivity contribution in [2.24, 2.45) is 4.69 Å². The predicted molar refractivity (Wildman–Crippen MR) is 189 cm³/mol. The quantitative estimate of drug-likeness (QED) is 0.129. The summed E-state index contributed by atoms with van der Waals surface area (Å²) in [7, 11) is -3.39. The molecule has 212 valence electrons. The molecule has 0 atom stereocenters. The number of anilines is 1. The van der Waals surface area contributed by atoms with Crippen LogP contribution in [0.25, 0.3) is 0 Å². The van der Waals surface area contributed by atoms with Crippen LogP contribution in [-0.4, -0.2) is 29.9 Å². The molecule has 2 nitrogen and oxygen atoms in total. The van der Waals surface area contributed by atoms with Crippen LogP contribution in [-0.2, 0) is 0 Å². The first-order valence-corrected chi connectivity index (χ1v) is 20.7. The van der Waals surface area contributed by atoms with Crippen LogP contribution in [0.1, 0.15) is 50.7 Å².